The summed E-state index contributed by atoms with van der Waals surface area (Å²) < 4.78 is 0. The highest BCUT2D eigenvalue weighted by molar-refractivity contribution is 6.06. The van der Waals surface area contributed by atoms with Gasteiger partial charge in [-0.25, -0.2) is 4.99 Å². The molecule has 2 aromatic rings. The van der Waals surface area contributed by atoms with Crippen LogP contribution in [-0.4, -0.2) is 59.8 Å². The number of benzene rings is 2. The molecule has 0 aromatic heterocycles. The van der Waals surface area contributed by atoms with Crippen LogP contribution in [0, 0.1) is 6.92 Å². The average molecular weight is 406 g/mol. The second kappa shape index (κ2) is 9.09. The lowest BCUT2D eigenvalue weighted by Gasteiger charge is -2.37. The van der Waals surface area contributed by atoms with Crippen molar-refractivity contribution in [3.8, 4) is 0 Å². The zero-order chi connectivity index (χ0) is 20.9. The van der Waals surface area contributed by atoms with Crippen molar-refractivity contribution in [2.24, 2.45) is 4.99 Å². The predicted octanol–water partition coefficient (Wildman–Crippen LogP) is 2.00. The van der Waals surface area contributed by atoms with Crippen molar-refractivity contribution in [3.05, 3.63) is 65.7 Å². The molecule has 1 atom stereocenters. The summed E-state index contributed by atoms with van der Waals surface area (Å²) in [6, 6.07) is 17.3. The van der Waals surface area contributed by atoms with Crippen molar-refractivity contribution in [1.29, 1.82) is 0 Å². The van der Waals surface area contributed by atoms with Gasteiger partial charge in [-0.15, -0.1) is 0 Å². The Morgan fingerprint density at radius 1 is 1.07 bits per heavy atom. The summed E-state index contributed by atoms with van der Waals surface area (Å²) in [5.41, 5.74) is 3.02. The number of aryl methyl sites for hydroxylation is 1. The molecule has 2 amide bonds. The molecule has 0 bridgehead atoms. The van der Waals surface area contributed by atoms with Crippen molar-refractivity contribution in [1.82, 2.24) is 15.1 Å². The van der Waals surface area contributed by atoms with Crippen LogP contribution >= 0.6 is 0 Å². The summed E-state index contributed by atoms with van der Waals surface area (Å²) in [5.74, 6) is 0.0894. The van der Waals surface area contributed by atoms with Gasteiger partial charge < -0.3 is 10.2 Å². The molecule has 2 aliphatic rings. The molecule has 7 nitrogen and oxygen atoms in total. The van der Waals surface area contributed by atoms with E-state index in [2.05, 4.69) is 49.7 Å². The lowest BCUT2D eigenvalue weighted by Crippen LogP contribution is -2.56. The summed E-state index contributed by atoms with van der Waals surface area (Å²) in [6.07, 6.45) is 0.0647. The van der Waals surface area contributed by atoms with Crippen molar-refractivity contribution in [2.75, 3.05) is 31.5 Å². The number of carbonyl (C=O) groups is 2. The van der Waals surface area contributed by atoms with E-state index in [0.717, 1.165) is 44.0 Å². The fraction of sp³-hybridized carbons (Fsp3) is 0.348. The van der Waals surface area contributed by atoms with Gasteiger partial charge in [-0.2, -0.15) is 0 Å². The van der Waals surface area contributed by atoms with Crippen LogP contribution < -0.4 is 10.6 Å². The Morgan fingerprint density at radius 2 is 1.77 bits per heavy atom. The summed E-state index contributed by atoms with van der Waals surface area (Å²) in [6.45, 7) is 6.13. The maximum absolute atomic E-state index is 12.7. The molecular weight excluding hydrogens is 378 g/mol. The third-order valence-electron chi connectivity index (χ3n) is 5.53. The van der Waals surface area contributed by atoms with Crippen LogP contribution in [0.3, 0.4) is 0 Å². The fourth-order valence-corrected chi connectivity index (χ4v) is 3.78. The van der Waals surface area contributed by atoms with E-state index in [1.807, 2.05) is 37.3 Å². The molecule has 156 valence electrons. The Hall–Kier alpha value is -3.19. The minimum atomic E-state index is -0.712. The standard InChI is InChI=1S/C23H27N5O2/c1-17-7-5-6-10-19(17)24-22(30)20-15-21(29)26-23(25-20)28-13-11-27(12-14-28)16-18-8-3-2-4-9-18/h2-10,20H,11-16H2,1H3,(H,24,30)(H,25,26,29)/t20-/m1/s1. The second-order valence-electron chi connectivity index (χ2n) is 7.77. The van der Waals surface area contributed by atoms with E-state index in [-0.39, 0.29) is 18.2 Å². The lowest BCUT2D eigenvalue weighted by molar-refractivity contribution is -0.125. The minimum Gasteiger partial charge on any atom is -0.340 e. The van der Waals surface area contributed by atoms with Gasteiger partial charge >= 0.3 is 0 Å². The monoisotopic (exact) mass is 405 g/mol. The smallest absolute Gasteiger partial charge is 0.249 e. The Balaban J connectivity index is 1.37. The first-order chi connectivity index (χ1) is 14.6. The van der Waals surface area contributed by atoms with Gasteiger partial charge in [0.05, 0.1) is 6.42 Å². The maximum Gasteiger partial charge on any atom is 0.249 e. The van der Waals surface area contributed by atoms with Gasteiger partial charge in [-0.05, 0) is 24.1 Å². The number of guanidine groups is 1. The number of piperazine rings is 1. The number of rotatable bonds is 4. The first-order valence-corrected chi connectivity index (χ1v) is 10.3. The number of nitrogens with zero attached hydrogens (tertiary/aromatic N) is 3. The van der Waals surface area contributed by atoms with Crippen LogP contribution in [0.5, 0.6) is 0 Å². The van der Waals surface area contributed by atoms with Gasteiger partial charge in [-0.3, -0.25) is 19.8 Å². The van der Waals surface area contributed by atoms with Gasteiger partial charge in [0.25, 0.3) is 0 Å². The van der Waals surface area contributed by atoms with Crippen LogP contribution in [0.4, 0.5) is 5.69 Å². The van der Waals surface area contributed by atoms with E-state index in [1.54, 1.807) is 0 Å². The molecular formula is C23H27N5O2. The SMILES string of the molecule is Cc1ccccc1NC(=O)[C@H]1CC(=O)NC(N2CCN(Cc3ccccc3)CC2)=N1. The summed E-state index contributed by atoms with van der Waals surface area (Å²) >= 11 is 0. The van der Waals surface area contributed by atoms with Crippen molar-refractivity contribution >= 4 is 23.5 Å². The second-order valence-corrected chi connectivity index (χ2v) is 7.77. The largest absolute Gasteiger partial charge is 0.340 e. The van der Waals surface area contributed by atoms with Crippen molar-refractivity contribution < 1.29 is 9.59 Å². The van der Waals surface area contributed by atoms with Crippen LogP contribution in [0.25, 0.3) is 0 Å². The van der Waals surface area contributed by atoms with Gasteiger partial charge in [0.15, 0.2) is 0 Å². The van der Waals surface area contributed by atoms with E-state index in [4.69, 9.17) is 0 Å². The molecule has 30 heavy (non-hydrogen) atoms. The van der Waals surface area contributed by atoms with Crippen LogP contribution in [-0.2, 0) is 16.1 Å². The zero-order valence-electron chi connectivity index (χ0n) is 17.2. The molecule has 1 saturated heterocycles. The first-order valence-electron chi connectivity index (χ1n) is 10.3. The predicted molar refractivity (Wildman–Crippen MR) is 117 cm³/mol. The Kier molecular flexibility index (Phi) is 6.09. The maximum atomic E-state index is 12.7. The van der Waals surface area contributed by atoms with E-state index in [9.17, 15) is 9.59 Å². The molecule has 0 unspecified atom stereocenters. The molecule has 2 aromatic carbocycles. The average Bonchev–Trinajstić information content (AvgIpc) is 2.76. The number of carbonyl (C=O) groups excluding carboxylic acids is 2. The number of anilines is 1. The highest BCUT2D eigenvalue weighted by Crippen LogP contribution is 2.16. The van der Waals surface area contributed by atoms with E-state index >= 15 is 0 Å². The number of nitrogens with one attached hydrogen (secondary N) is 2. The molecule has 4 rings (SSSR count). The van der Waals surface area contributed by atoms with Crippen LogP contribution in [0.15, 0.2) is 59.6 Å². The van der Waals surface area contributed by atoms with Crippen molar-refractivity contribution in [3.63, 3.8) is 0 Å². The van der Waals surface area contributed by atoms with Gasteiger partial charge in [0.2, 0.25) is 17.8 Å². The Morgan fingerprint density at radius 3 is 2.50 bits per heavy atom. The quantitative estimate of drug-likeness (QED) is 0.816. The molecule has 2 N–H and O–H groups in total. The van der Waals surface area contributed by atoms with E-state index in [1.165, 1.54) is 5.56 Å². The molecule has 7 heteroatoms. The van der Waals surface area contributed by atoms with Gasteiger partial charge in [-0.1, -0.05) is 48.5 Å². The van der Waals surface area contributed by atoms with Crippen molar-refractivity contribution in [2.45, 2.75) is 25.9 Å². The topological polar surface area (TPSA) is 77.0 Å². The fourth-order valence-electron chi connectivity index (χ4n) is 3.78. The third-order valence-corrected chi connectivity index (χ3v) is 5.53. The zero-order valence-corrected chi connectivity index (χ0v) is 17.2. The van der Waals surface area contributed by atoms with Gasteiger partial charge in [0.1, 0.15) is 6.04 Å². The number of hydrogen-bond acceptors (Lipinski definition) is 5. The number of amides is 2. The summed E-state index contributed by atoms with van der Waals surface area (Å²) in [4.78, 5) is 34.0. The molecule has 0 aliphatic carbocycles. The molecule has 0 radical (unpaired) electrons. The Bertz CT molecular complexity index is 936. The molecule has 2 aliphatic heterocycles. The van der Waals surface area contributed by atoms with Crippen LogP contribution in [0.1, 0.15) is 17.5 Å². The highest BCUT2D eigenvalue weighted by Gasteiger charge is 2.30. The van der Waals surface area contributed by atoms with E-state index in [0.29, 0.717) is 5.96 Å². The molecule has 0 saturated carbocycles. The van der Waals surface area contributed by atoms with Gasteiger partial charge in [0, 0.05) is 38.4 Å². The Labute approximate surface area is 176 Å². The van der Waals surface area contributed by atoms with E-state index < -0.39 is 6.04 Å². The third kappa shape index (κ3) is 4.86. The molecule has 0 spiro atoms. The molecule has 1 fully saturated rings. The number of hydrogen-bond donors (Lipinski definition) is 2. The van der Waals surface area contributed by atoms with Crippen LogP contribution in [0.2, 0.25) is 0 Å². The lowest BCUT2D eigenvalue weighted by atomic mass is 10.1. The summed E-state index contributed by atoms with van der Waals surface area (Å²) in [5, 5.41) is 5.75. The number of aliphatic imine (C=N–C) groups is 1. The minimum absolute atomic E-state index is 0.0647. The number of para-hydroxylation sites is 1. The normalized spacial score (nSPS) is 19.8. The molecule has 2 heterocycles. The first kappa shape index (κ1) is 20.1. The summed E-state index contributed by atoms with van der Waals surface area (Å²) in [7, 11) is 0. The highest BCUT2D eigenvalue weighted by atomic mass is 16.2.